The zero-order chi connectivity index (χ0) is 12.3. The van der Waals surface area contributed by atoms with Crippen LogP contribution in [0.2, 0.25) is 0 Å². The average molecular weight is 224 g/mol. The van der Waals surface area contributed by atoms with Crippen molar-refractivity contribution in [1.82, 2.24) is 9.97 Å². The van der Waals surface area contributed by atoms with Crippen molar-refractivity contribution in [2.24, 2.45) is 5.73 Å². The Kier molecular flexibility index (Phi) is 3.44. The molecule has 0 unspecified atom stereocenters. The summed E-state index contributed by atoms with van der Waals surface area (Å²) in [5.74, 6) is -0.139. The molecule has 0 atom stereocenters. The second-order valence-corrected chi connectivity index (χ2v) is 3.80. The molecule has 16 heavy (non-hydrogen) atoms. The highest BCUT2D eigenvalue weighted by atomic mass is 16.5. The second-order valence-electron chi connectivity index (χ2n) is 3.80. The van der Waals surface area contributed by atoms with E-state index < -0.39 is 11.5 Å². The van der Waals surface area contributed by atoms with Crippen LogP contribution in [0.3, 0.4) is 0 Å². The quantitative estimate of drug-likeness (QED) is 0.771. The Morgan fingerprint density at radius 2 is 2.19 bits per heavy atom. The van der Waals surface area contributed by atoms with Crippen LogP contribution in [0, 0.1) is 0 Å². The maximum absolute atomic E-state index is 10.9. The van der Waals surface area contributed by atoms with Crippen LogP contribution in [-0.4, -0.2) is 22.5 Å². The summed E-state index contributed by atoms with van der Waals surface area (Å²) in [6, 6.07) is 0. The molecule has 6 heteroatoms. The molecule has 0 aliphatic rings. The summed E-state index contributed by atoms with van der Waals surface area (Å²) >= 11 is 0. The molecule has 0 spiro atoms. The molecule has 88 valence electrons. The summed E-state index contributed by atoms with van der Waals surface area (Å²) in [7, 11) is 0. The fourth-order valence-corrected chi connectivity index (χ4v) is 1.30. The van der Waals surface area contributed by atoms with Gasteiger partial charge in [-0.25, -0.2) is 9.97 Å². The highest BCUT2D eigenvalue weighted by molar-refractivity contribution is 5.96. The molecule has 1 rings (SSSR count). The highest BCUT2D eigenvalue weighted by Gasteiger charge is 2.25. The lowest BCUT2D eigenvalue weighted by molar-refractivity contribution is -0.0207. The Balaban J connectivity index is 3.10. The first-order chi connectivity index (χ1) is 7.38. The summed E-state index contributed by atoms with van der Waals surface area (Å²) in [5.41, 5.74) is 10.2. The molecule has 1 amide bonds. The molecule has 0 saturated carbocycles. The van der Waals surface area contributed by atoms with Crippen molar-refractivity contribution >= 4 is 11.7 Å². The highest BCUT2D eigenvalue weighted by Crippen LogP contribution is 2.22. The molecule has 6 nitrogen and oxygen atoms in total. The van der Waals surface area contributed by atoms with E-state index in [1.165, 1.54) is 6.20 Å². The van der Waals surface area contributed by atoms with Crippen molar-refractivity contribution in [3.8, 4) is 0 Å². The number of rotatable bonds is 4. The van der Waals surface area contributed by atoms with Crippen molar-refractivity contribution in [2.45, 2.75) is 26.4 Å². The molecular weight excluding hydrogens is 208 g/mol. The van der Waals surface area contributed by atoms with Gasteiger partial charge in [0.05, 0.1) is 5.56 Å². The molecule has 4 N–H and O–H groups in total. The molecule has 1 aromatic rings. The van der Waals surface area contributed by atoms with Crippen LogP contribution in [-0.2, 0) is 10.3 Å². The number of ether oxygens (including phenoxy) is 1. The van der Waals surface area contributed by atoms with Gasteiger partial charge in [0.25, 0.3) is 5.91 Å². The number of hydrogen-bond acceptors (Lipinski definition) is 5. The van der Waals surface area contributed by atoms with E-state index in [1.807, 2.05) is 20.8 Å². The normalized spacial score (nSPS) is 11.4. The van der Waals surface area contributed by atoms with Gasteiger partial charge >= 0.3 is 0 Å². The number of anilines is 1. The van der Waals surface area contributed by atoms with Gasteiger partial charge in [-0.15, -0.1) is 0 Å². The van der Waals surface area contributed by atoms with Gasteiger partial charge in [-0.05, 0) is 20.8 Å². The fourth-order valence-electron chi connectivity index (χ4n) is 1.30. The predicted octanol–water partition coefficient (Wildman–Crippen LogP) is 0.429. The average Bonchev–Trinajstić information content (AvgIpc) is 2.16. The molecule has 1 heterocycles. The maximum Gasteiger partial charge on any atom is 0.254 e. The zero-order valence-electron chi connectivity index (χ0n) is 9.65. The van der Waals surface area contributed by atoms with Crippen molar-refractivity contribution < 1.29 is 9.53 Å². The summed E-state index contributed by atoms with van der Waals surface area (Å²) < 4.78 is 5.47. The first-order valence-corrected chi connectivity index (χ1v) is 4.95. The van der Waals surface area contributed by atoms with Gasteiger partial charge in [0.15, 0.2) is 5.82 Å². The standard InChI is InChI=1S/C10H16N4O2/c1-4-16-10(2,3)9-13-5-6(8(12)15)7(11)14-9/h5H,4H2,1-3H3,(H2,12,15)(H2,11,13,14). The number of primary amides is 1. The zero-order valence-corrected chi connectivity index (χ0v) is 9.65. The van der Waals surface area contributed by atoms with Crippen LogP contribution >= 0.6 is 0 Å². The van der Waals surface area contributed by atoms with Gasteiger partial charge in [0, 0.05) is 12.8 Å². The maximum atomic E-state index is 10.9. The Bertz CT molecular complexity index is 404. The minimum atomic E-state index is -0.640. The third-order valence-corrected chi connectivity index (χ3v) is 2.13. The van der Waals surface area contributed by atoms with E-state index in [2.05, 4.69) is 9.97 Å². The number of aromatic nitrogens is 2. The molecule has 0 fully saturated rings. The summed E-state index contributed by atoms with van der Waals surface area (Å²) in [6.07, 6.45) is 1.32. The van der Waals surface area contributed by atoms with E-state index in [-0.39, 0.29) is 11.4 Å². The van der Waals surface area contributed by atoms with Gasteiger partial charge in [-0.3, -0.25) is 4.79 Å². The van der Waals surface area contributed by atoms with Crippen LogP contribution in [0.15, 0.2) is 6.20 Å². The van der Waals surface area contributed by atoms with E-state index in [9.17, 15) is 4.79 Å². The number of nitrogens with two attached hydrogens (primary N) is 2. The van der Waals surface area contributed by atoms with Gasteiger partial charge < -0.3 is 16.2 Å². The Hall–Kier alpha value is -1.69. The van der Waals surface area contributed by atoms with E-state index in [0.717, 1.165) is 0 Å². The Morgan fingerprint density at radius 3 is 2.62 bits per heavy atom. The Labute approximate surface area is 94.0 Å². The van der Waals surface area contributed by atoms with Gasteiger partial charge in [0.1, 0.15) is 11.4 Å². The molecule has 0 bridgehead atoms. The number of hydrogen-bond donors (Lipinski definition) is 2. The second kappa shape index (κ2) is 4.44. The SMILES string of the molecule is CCOC(C)(C)c1ncc(C(N)=O)c(N)n1. The summed E-state index contributed by atoms with van der Waals surface area (Å²) in [6.45, 7) is 6.07. The lowest BCUT2D eigenvalue weighted by Crippen LogP contribution is -2.26. The first-order valence-electron chi connectivity index (χ1n) is 4.95. The third-order valence-electron chi connectivity index (χ3n) is 2.13. The largest absolute Gasteiger partial charge is 0.383 e. The molecule has 0 aliphatic carbocycles. The van der Waals surface area contributed by atoms with E-state index >= 15 is 0 Å². The smallest absolute Gasteiger partial charge is 0.254 e. The minimum Gasteiger partial charge on any atom is -0.383 e. The monoisotopic (exact) mass is 224 g/mol. The minimum absolute atomic E-state index is 0.0743. The van der Waals surface area contributed by atoms with Crippen molar-refractivity contribution in [3.63, 3.8) is 0 Å². The lowest BCUT2D eigenvalue weighted by atomic mass is 10.1. The van der Waals surface area contributed by atoms with Gasteiger partial charge in [-0.2, -0.15) is 0 Å². The van der Waals surface area contributed by atoms with Crippen LogP contribution in [0.1, 0.15) is 37.0 Å². The van der Waals surface area contributed by atoms with E-state index in [0.29, 0.717) is 12.4 Å². The summed E-state index contributed by atoms with van der Waals surface area (Å²) in [4.78, 5) is 19.0. The van der Waals surface area contributed by atoms with E-state index in [1.54, 1.807) is 0 Å². The number of carbonyl (C=O) groups is 1. The molecule has 0 radical (unpaired) electrons. The number of carbonyl (C=O) groups excluding carboxylic acids is 1. The van der Waals surface area contributed by atoms with Crippen molar-refractivity contribution in [2.75, 3.05) is 12.3 Å². The number of nitrogen functional groups attached to an aromatic ring is 1. The number of nitrogens with zero attached hydrogens (tertiary/aromatic N) is 2. The topological polar surface area (TPSA) is 104 Å². The Morgan fingerprint density at radius 1 is 1.56 bits per heavy atom. The molecule has 0 aliphatic heterocycles. The van der Waals surface area contributed by atoms with Crippen molar-refractivity contribution in [1.29, 1.82) is 0 Å². The summed E-state index contributed by atoms with van der Waals surface area (Å²) in [5, 5.41) is 0. The van der Waals surface area contributed by atoms with Crippen LogP contribution in [0.4, 0.5) is 5.82 Å². The van der Waals surface area contributed by atoms with Gasteiger partial charge in [0.2, 0.25) is 0 Å². The van der Waals surface area contributed by atoms with Crippen LogP contribution in [0.25, 0.3) is 0 Å². The molecule has 0 saturated heterocycles. The molecule has 1 aromatic heterocycles. The van der Waals surface area contributed by atoms with Crippen LogP contribution in [0.5, 0.6) is 0 Å². The van der Waals surface area contributed by atoms with Gasteiger partial charge in [-0.1, -0.05) is 0 Å². The predicted molar refractivity (Wildman–Crippen MR) is 59.6 cm³/mol. The first kappa shape index (κ1) is 12.4. The molecular formula is C10H16N4O2. The van der Waals surface area contributed by atoms with E-state index in [4.69, 9.17) is 16.2 Å². The number of amides is 1. The molecule has 0 aromatic carbocycles. The van der Waals surface area contributed by atoms with Crippen molar-refractivity contribution in [3.05, 3.63) is 17.6 Å². The van der Waals surface area contributed by atoms with Crippen LogP contribution < -0.4 is 11.5 Å². The lowest BCUT2D eigenvalue weighted by Gasteiger charge is -2.23. The fraction of sp³-hybridized carbons (Fsp3) is 0.500. The third kappa shape index (κ3) is 2.46.